The highest BCUT2D eigenvalue weighted by Gasteiger charge is 2.23. The van der Waals surface area contributed by atoms with Gasteiger partial charge in [0.05, 0.1) is 25.2 Å². The van der Waals surface area contributed by atoms with Crippen LogP contribution in [0, 0.1) is 5.92 Å². The van der Waals surface area contributed by atoms with Gasteiger partial charge in [-0.05, 0) is 36.6 Å². The van der Waals surface area contributed by atoms with Crippen LogP contribution in [0.4, 0.5) is 0 Å². The molecule has 0 unspecified atom stereocenters. The van der Waals surface area contributed by atoms with Crippen molar-refractivity contribution in [2.24, 2.45) is 5.92 Å². The second-order valence-electron chi connectivity index (χ2n) is 7.46. The lowest BCUT2D eigenvalue weighted by Gasteiger charge is -2.19. The standard InChI is InChI=1S/C24H21Cl3N4O2/c1-14-3-7-19(15-4-8-21(25)29-10-15)31-24(27)23(14)18-6-5-17(9-20(18)32-2)33-13-16-11-30-22(26)12-28-16/h4-12,14,31H,3,13H2,1-2H3/t14-/m0/s1. The lowest BCUT2D eigenvalue weighted by molar-refractivity contribution is 0.298. The van der Waals surface area contributed by atoms with Gasteiger partial charge in [-0.2, -0.15) is 0 Å². The van der Waals surface area contributed by atoms with Crippen molar-refractivity contribution < 1.29 is 9.47 Å². The summed E-state index contributed by atoms with van der Waals surface area (Å²) >= 11 is 18.5. The lowest BCUT2D eigenvalue weighted by Crippen LogP contribution is -2.10. The van der Waals surface area contributed by atoms with E-state index in [1.807, 2.05) is 24.3 Å². The largest absolute Gasteiger partial charge is 0.496 e. The molecule has 4 rings (SSSR count). The summed E-state index contributed by atoms with van der Waals surface area (Å²) in [6.45, 7) is 2.39. The van der Waals surface area contributed by atoms with Crippen LogP contribution in [0.2, 0.25) is 10.3 Å². The third-order valence-electron chi connectivity index (χ3n) is 5.21. The predicted molar refractivity (Wildman–Crippen MR) is 131 cm³/mol. The Morgan fingerprint density at radius 1 is 1.00 bits per heavy atom. The lowest BCUT2D eigenvalue weighted by atomic mass is 9.91. The highest BCUT2D eigenvalue weighted by atomic mass is 35.5. The molecule has 0 saturated carbocycles. The number of pyridine rings is 1. The summed E-state index contributed by atoms with van der Waals surface area (Å²) in [6.07, 6.45) is 7.69. The zero-order chi connectivity index (χ0) is 23.4. The number of hydrogen-bond acceptors (Lipinski definition) is 6. The molecule has 170 valence electrons. The number of nitrogens with zero attached hydrogens (tertiary/aromatic N) is 3. The van der Waals surface area contributed by atoms with Gasteiger partial charge < -0.3 is 14.8 Å². The van der Waals surface area contributed by atoms with Crippen LogP contribution < -0.4 is 14.8 Å². The first-order valence-corrected chi connectivity index (χ1v) is 11.3. The molecule has 9 heteroatoms. The van der Waals surface area contributed by atoms with Crippen LogP contribution in [0.5, 0.6) is 11.5 Å². The molecular weight excluding hydrogens is 483 g/mol. The molecule has 1 aliphatic heterocycles. The summed E-state index contributed by atoms with van der Waals surface area (Å²) in [5.74, 6) is 1.45. The van der Waals surface area contributed by atoms with E-state index in [1.165, 1.54) is 6.20 Å². The van der Waals surface area contributed by atoms with Gasteiger partial charge in [-0.1, -0.05) is 47.8 Å². The Kier molecular flexibility index (Phi) is 7.38. The first-order valence-electron chi connectivity index (χ1n) is 10.2. The van der Waals surface area contributed by atoms with E-state index >= 15 is 0 Å². The van der Waals surface area contributed by atoms with Gasteiger partial charge in [0.1, 0.15) is 33.6 Å². The van der Waals surface area contributed by atoms with Crippen molar-refractivity contribution in [1.29, 1.82) is 0 Å². The molecule has 0 fully saturated rings. The molecule has 33 heavy (non-hydrogen) atoms. The fourth-order valence-corrected chi connectivity index (χ4v) is 4.13. The summed E-state index contributed by atoms with van der Waals surface area (Å²) in [6, 6.07) is 9.33. The fraction of sp³-hybridized carbons (Fsp3) is 0.208. The van der Waals surface area contributed by atoms with Crippen molar-refractivity contribution in [3.05, 3.63) is 87.3 Å². The molecule has 3 heterocycles. The summed E-state index contributed by atoms with van der Waals surface area (Å²) < 4.78 is 11.5. The first kappa shape index (κ1) is 23.4. The average molecular weight is 504 g/mol. The Bertz CT molecular complexity index is 1200. The van der Waals surface area contributed by atoms with Crippen LogP contribution in [-0.2, 0) is 6.61 Å². The summed E-state index contributed by atoms with van der Waals surface area (Å²) in [5.41, 5.74) is 4.31. The number of halogens is 3. The van der Waals surface area contributed by atoms with E-state index in [2.05, 4.69) is 33.3 Å². The van der Waals surface area contributed by atoms with E-state index in [0.717, 1.165) is 28.8 Å². The van der Waals surface area contributed by atoms with Crippen molar-refractivity contribution in [1.82, 2.24) is 20.3 Å². The molecule has 0 aliphatic carbocycles. The minimum absolute atomic E-state index is 0.146. The molecule has 1 N–H and O–H groups in total. The average Bonchev–Trinajstić information content (AvgIpc) is 2.97. The van der Waals surface area contributed by atoms with Gasteiger partial charge in [0, 0.05) is 34.7 Å². The minimum atomic E-state index is 0.146. The van der Waals surface area contributed by atoms with Gasteiger partial charge in [0.25, 0.3) is 0 Å². The van der Waals surface area contributed by atoms with Gasteiger partial charge in [0.15, 0.2) is 0 Å². The predicted octanol–water partition coefficient (Wildman–Crippen LogP) is 6.34. The Hall–Kier alpha value is -2.80. The van der Waals surface area contributed by atoms with Crippen LogP contribution >= 0.6 is 34.8 Å². The summed E-state index contributed by atoms with van der Waals surface area (Å²) in [7, 11) is 1.62. The van der Waals surface area contributed by atoms with Gasteiger partial charge in [-0.15, -0.1) is 0 Å². The van der Waals surface area contributed by atoms with Gasteiger partial charge in [0.2, 0.25) is 0 Å². The minimum Gasteiger partial charge on any atom is -0.496 e. The monoisotopic (exact) mass is 502 g/mol. The Balaban J connectivity index is 1.58. The van der Waals surface area contributed by atoms with Crippen LogP contribution in [0.15, 0.2) is 60.2 Å². The molecule has 0 radical (unpaired) electrons. The number of allylic oxidation sites excluding steroid dienone is 2. The SMILES string of the molecule is COc1cc(OCc2cnc(Cl)cn2)ccc1C1=C(Cl)NC(c2ccc(Cl)nc2)=CC[C@@H]1C. The van der Waals surface area contributed by atoms with E-state index in [0.29, 0.717) is 32.7 Å². The zero-order valence-corrected chi connectivity index (χ0v) is 20.2. The first-order chi connectivity index (χ1) is 15.9. The van der Waals surface area contributed by atoms with Crippen molar-refractivity contribution in [3.8, 4) is 11.5 Å². The Morgan fingerprint density at radius 3 is 2.52 bits per heavy atom. The van der Waals surface area contributed by atoms with E-state index < -0.39 is 0 Å². The summed E-state index contributed by atoms with van der Waals surface area (Å²) in [4.78, 5) is 12.4. The third-order valence-corrected chi connectivity index (χ3v) is 5.93. The van der Waals surface area contributed by atoms with Gasteiger partial charge >= 0.3 is 0 Å². The molecule has 0 saturated heterocycles. The molecule has 3 aromatic rings. The number of benzene rings is 1. The van der Waals surface area contributed by atoms with Crippen molar-refractivity contribution >= 4 is 46.1 Å². The quantitative estimate of drug-likeness (QED) is 0.312. The molecule has 6 nitrogen and oxygen atoms in total. The zero-order valence-electron chi connectivity index (χ0n) is 18.0. The van der Waals surface area contributed by atoms with Crippen LogP contribution in [0.3, 0.4) is 0 Å². The maximum absolute atomic E-state index is 6.78. The highest BCUT2D eigenvalue weighted by Crippen LogP contribution is 2.40. The number of nitrogens with one attached hydrogen (secondary N) is 1. The molecule has 1 aliphatic rings. The maximum atomic E-state index is 6.78. The topological polar surface area (TPSA) is 69.2 Å². The number of methoxy groups -OCH3 is 1. The van der Waals surface area contributed by atoms with Gasteiger partial charge in [-0.25, -0.2) is 9.97 Å². The molecule has 0 bridgehead atoms. The maximum Gasteiger partial charge on any atom is 0.147 e. The number of rotatable bonds is 6. The second kappa shape index (κ2) is 10.4. The van der Waals surface area contributed by atoms with Gasteiger partial charge in [-0.3, -0.25) is 4.98 Å². The molecular formula is C24H21Cl3N4O2. The molecule has 0 amide bonds. The van der Waals surface area contributed by atoms with E-state index in [9.17, 15) is 0 Å². The number of ether oxygens (including phenoxy) is 2. The smallest absolute Gasteiger partial charge is 0.147 e. The summed E-state index contributed by atoms with van der Waals surface area (Å²) in [5, 5.41) is 4.64. The van der Waals surface area contributed by atoms with E-state index in [-0.39, 0.29) is 12.5 Å². The Labute approximate surface area is 207 Å². The van der Waals surface area contributed by atoms with Crippen molar-refractivity contribution in [2.45, 2.75) is 20.0 Å². The van der Waals surface area contributed by atoms with Crippen LogP contribution in [0.1, 0.15) is 30.2 Å². The normalized spacial score (nSPS) is 16.0. The van der Waals surface area contributed by atoms with Crippen LogP contribution in [0.25, 0.3) is 11.3 Å². The van der Waals surface area contributed by atoms with Crippen LogP contribution in [-0.4, -0.2) is 22.1 Å². The molecule has 1 aromatic carbocycles. The molecule has 0 spiro atoms. The number of hydrogen-bond donors (Lipinski definition) is 1. The second-order valence-corrected chi connectivity index (χ2v) is 8.61. The van der Waals surface area contributed by atoms with E-state index in [1.54, 1.807) is 25.6 Å². The third kappa shape index (κ3) is 5.58. The highest BCUT2D eigenvalue weighted by molar-refractivity contribution is 6.33. The molecule has 2 aromatic heterocycles. The Morgan fingerprint density at radius 2 is 1.82 bits per heavy atom. The fourth-order valence-electron chi connectivity index (χ4n) is 3.53. The molecule has 1 atom stereocenters. The number of aromatic nitrogens is 3. The van der Waals surface area contributed by atoms with Crippen molar-refractivity contribution in [2.75, 3.05) is 7.11 Å². The van der Waals surface area contributed by atoms with E-state index in [4.69, 9.17) is 44.3 Å². The van der Waals surface area contributed by atoms with Crippen molar-refractivity contribution in [3.63, 3.8) is 0 Å².